The summed E-state index contributed by atoms with van der Waals surface area (Å²) in [5, 5.41) is 0. The Morgan fingerprint density at radius 3 is 2.48 bits per heavy atom. The van der Waals surface area contributed by atoms with Crippen molar-refractivity contribution in [2.75, 3.05) is 19.7 Å². The third-order valence-electron chi connectivity index (χ3n) is 5.25. The zero-order valence-corrected chi connectivity index (χ0v) is 16.1. The number of rotatable bonds is 6. The van der Waals surface area contributed by atoms with Gasteiger partial charge in [-0.1, -0.05) is 29.8 Å². The minimum atomic E-state index is -0.130. The number of aryl methyl sites for hydroxylation is 1. The van der Waals surface area contributed by atoms with E-state index in [4.69, 9.17) is 4.74 Å². The van der Waals surface area contributed by atoms with Crippen LogP contribution in [-0.2, 0) is 14.3 Å². The van der Waals surface area contributed by atoms with Gasteiger partial charge >= 0.3 is 5.97 Å². The Morgan fingerprint density at radius 2 is 1.85 bits per heavy atom. The second kappa shape index (κ2) is 8.89. The number of ether oxygens (including phenoxy) is 1. The van der Waals surface area contributed by atoms with Crippen LogP contribution < -0.4 is 0 Å². The number of likely N-dealkylation sites (tertiary alicyclic amines) is 1. The molecule has 5 nitrogen and oxygen atoms in total. The number of carbonyl (C=O) groups is 2. The maximum atomic E-state index is 13.0. The average molecular weight is 368 g/mol. The molecule has 0 spiro atoms. The van der Waals surface area contributed by atoms with Crippen LogP contribution in [0.1, 0.15) is 43.4 Å². The first-order valence-electron chi connectivity index (χ1n) is 9.72. The van der Waals surface area contributed by atoms with Crippen LogP contribution in [0.5, 0.6) is 0 Å². The highest BCUT2D eigenvalue weighted by atomic mass is 16.5. The molecule has 5 heteroatoms. The lowest BCUT2D eigenvalue weighted by molar-refractivity contribution is -0.151. The van der Waals surface area contributed by atoms with Crippen LogP contribution in [0.2, 0.25) is 0 Å². The number of carbonyl (C=O) groups excluding carboxylic acids is 2. The molecule has 0 aliphatic carbocycles. The summed E-state index contributed by atoms with van der Waals surface area (Å²) in [4.78, 5) is 26.7. The van der Waals surface area contributed by atoms with E-state index in [9.17, 15) is 9.59 Å². The number of amides is 1. The number of esters is 1. The van der Waals surface area contributed by atoms with Crippen molar-refractivity contribution in [2.45, 2.75) is 39.2 Å². The van der Waals surface area contributed by atoms with E-state index in [1.807, 2.05) is 42.4 Å². The number of piperidine rings is 1. The summed E-state index contributed by atoms with van der Waals surface area (Å²) >= 11 is 0. The van der Waals surface area contributed by atoms with Gasteiger partial charge in [0, 0.05) is 25.5 Å². The van der Waals surface area contributed by atoms with Crippen LogP contribution in [0.4, 0.5) is 0 Å². The number of benzene rings is 1. The van der Waals surface area contributed by atoms with Crippen molar-refractivity contribution in [3.8, 4) is 0 Å². The molecule has 1 amide bonds. The second-order valence-corrected chi connectivity index (χ2v) is 7.17. The summed E-state index contributed by atoms with van der Waals surface area (Å²) in [6.45, 7) is 5.54. The van der Waals surface area contributed by atoms with Gasteiger partial charge in [0.05, 0.1) is 25.0 Å². The molecule has 1 aromatic heterocycles. The fraction of sp³-hybridized carbons (Fsp3) is 0.455. The monoisotopic (exact) mass is 368 g/mol. The minimum Gasteiger partial charge on any atom is -0.466 e. The van der Waals surface area contributed by atoms with E-state index in [1.54, 1.807) is 0 Å². The average Bonchev–Trinajstić information content (AvgIpc) is 3.20. The van der Waals surface area contributed by atoms with Crippen LogP contribution in [0.15, 0.2) is 48.8 Å². The van der Waals surface area contributed by atoms with Gasteiger partial charge in [-0.25, -0.2) is 0 Å². The van der Waals surface area contributed by atoms with Gasteiger partial charge in [0.2, 0.25) is 5.91 Å². The minimum absolute atomic E-state index is 0.0184. The van der Waals surface area contributed by atoms with Crippen LogP contribution in [-0.4, -0.2) is 41.0 Å². The highest BCUT2D eigenvalue weighted by Gasteiger charge is 2.29. The van der Waals surface area contributed by atoms with Crippen LogP contribution in [0, 0.1) is 12.8 Å². The first-order chi connectivity index (χ1) is 13.1. The van der Waals surface area contributed by atoms with Crippen LogP contribution >= 0.6 is 0 Å². The fourth-order valence-corrected chi connectivity index (χ4v) is 3.75. The van der Waals surface area contributed by atoms with E-state index < -0.39 is 0 Å². The van der Waals surface area contributed by atoms with Crippen molar-refractivity contribution in [3.05, 3.63) is 59.9 Å². The summed E-state index contributed by atoms with van der Waals surface area (Å²) in [5.41, 5.74) is 2.33. The molecular weight excluding hydrogens is 340 g/mol. The van der Waals surface area contributed by atoms with Crippen molar-refractivity contribution < 1.29 is 14.3 Å². The summed E-state index contributed by atoms with van der Waals surface area (Å²) in [5.74, 6) is -0.0712. The van der Waals surface area contributed by atoms with Crippen molar-refractivity contribution >= 4 is 11.9 Å². The lowest BCUT2D eigenvalue weighted by Gasteiger charge is -2.32. The zero-order chi connectivity index (χ0) is 19.2. The van der Waals surface area contributed by atoms with Gasteiger partial charge in [-0.15, -0.1) is 0 Å². The standard InChI is InChI=1S/C22H28N2O3/c1-3-27-22(26)18-9-13-24(14-10-18)21(25)16-20(23-11-4-5-12-23)19-8-6-7-17(2)15-19/h4-8,11-12,15,18,20H,3,9-10,13-14,16H2,1-2H3/t20-/m1/s1. The van der Waals surface area contributed by atoms with E-state index in [2.05, 4.69) is 29.7 Å². The van der Waals surface area contributed by atoms with Crippen molar-refractivity contribution in [1.82, 2.24) is 9.47 Å². The molecule has 27 heavy (non-hydrogen) atoms. The van der Waals surface area contributed by atoms with E-state index in [1.165, 1.54) is 5.56 Å². The highest BCUT2D eigenvalue weighted by Crippen LogP contribution is 2.26. The van der Waals surface area contributed by atoms with Gasteiger partial charge in [0.15, 0.2) is 0 Å². The van der Waals surface area contributed by atoms with E-state index in [0.717, 1.165) is 5.56 Å². The Kier molecular flexibility index (Phi) is 6.32. The summed E-state index contributed by atoms with van der Waals surface area (Å²) < 4.78 is 7.21. The van der Waals surface area contributed by atoms with Gasteiger partial charge in [-0.3, -0.25) is 9.59 Å². The Balaban J connectivity index is 1.66. The van der Waals surface area contributed by atoms with Crippen LogP contribution in [0.25, 0.3) is 0 Å². The molecule has 1 fully saturated rings. The second-order valence-electron chi connectivity index (χ2n) is 7.17. The SMILES string of the molecule is CCOC(=O)C1CCN(C(=O)C[C@H](c2cccc(C)c2)n2cccc2)CC1. The maximum Gasteiger partial charge on any atom is 0.309 e. The number of hydrogen-bond donors (Lipinski definition) is 0. The normalized spacial score (nSPS) is 16.1. The topological polar surface area (TPSA) is 51.5 Å². The lowest BCUT2D eigenvalue weighted by Crippen LogP contribution is -2.41. The molecule has 1 saturated heterocycles. The predicted molar refractivity (Wildman–Crippen MR) is 104 cm³/mol. The molecule has 1 aliphatic rings. The molecule has 0 radical (unpaired) electrons. The molecular formula is C22H28N2O3. The van der Waals surface area contributed by atoms with Crippen molar-refractivity contribution in [3.63, 3.8) is 0 Å². The number of hydrogen-bond acceptors (Lipinski definition) is 3. The maximum absolute atomic E-state index is 13.0. The quantitative estimate of drug-likeness (QED) is 0.733. The Hall–Kier alpha value is -2.56. The van der Waals surface area contributed by atoms with E-state index >= 15 is 0 Å². The Bertz CT molecular complexity index is 762. The van der Waals surface area contributed by atoms with Gasteiger partial charge in [0.25, 0.3) is 0 Å². The van der Waals surface area contributed by atoms with Crippen molar-refractivity contribution in [1.29, 1.82) is 0 Å². The lowest BCUT2D eigenvalue weighted by atomic mass is 9.95. The molecule has 1 atom stereocenters. The van der Waals surface area contributed by atoms with Gasteiger partial charge < -0.3 is 14.2 Å². The molecule has 3 rings (SSSR count). The molecule has 0 unspecified atom stereocenters. The van der Waals surface area contributed by atoms with Gasteiger partial charge in [-0.05, 0) is 44.4 Å². The fourth-order valence-electron chi connectivity index (χ4n) is 3.75. The number of aromatic nitrogens is 1. The molecule has 2 aromatic rings. The molecule has 0 bridgehead atoms. The van der Waals surface area contributed by atoms with E-state index in [0.29, 0.717) is 39.0 Å². The first-order valence-corrected chi connectivity index (χ1v) is 9.72. The highest BCUT2D eigenvalue weighted by molar-refractivity contribution is 5.78. The summed E-state index contributed by atoms with van der Waals surface area (Å²) in [6.07, 6.45) is 5.80. The first kappa shape index (κ1) is 19.2. The predicted octanol–water partition coefficient (Wildman–Crippen LogP) is 3.58. The summed E-state index contributed by atoms with van der Waals surface area (Å²) in [6, 6.07) is 12.3. The Morgan fingerprint density at radius 1 is 1.15 bits per heavy atom. The molecule has 144 valence electrons. The molecule has 0 saturated carbocycles. The van der Waals surface area contributed by atoms with Crippen LogP contribution in [0.3, 0.4) is 0 Å². The summed E-state index contributed by atoms with van der Waals surface area (Å²) in [7, 11) is 0. The molecule has 0 N–H and O–H groups in total. The Labute approximate surface area is 160 Å². The zero-order valence-electron chi connectivity index (χ0n) is 16.1. The third kappa shape index (κ3) is 4.79. The molecule has 1 aliphatic heterocycles. The molecule has 1 aromatic carbocycles. The van der Waals surface area contributed by atoms with Crippen molar-refractivity contribution in [2.24, 2.45) is 5.92 Å². The largest absolute Gasteiger partial charge is 0.466 e. The molecule has 2 heterocycles. The number of nitrogens with zero attached hydrogens (tertiary/aromatic N) is 2. The van der Waals surface area contributed by atoms with Gasteiger partial charge in [-0.2, -0.15) is 0 Å². The van der Waals surface area contributed by atoms with E-state index in [-0.39, 0.29) is 23.8 Å². The smallest absolute Gasteiger partial charge is 0.309 e. The third-order valence-corrected chi connectivity index (χ3v) is 5.25. The van der Waals surface area contributed by atoms with Gasteiger partial charge in [0.1, 0.15) is 0 Å².